The predicted molar refractivity (Wildman–Crippen MR) is 61.0 cm³/mol. The molecular formula is C11H22N2O3. The summed E-state index contributed by atoms with van der Waals surface area (Å²) in [5.41, 5.74) is 5.80. The molecule has 0 aromatic heterocycles. The molecule has 1 amide bonds. The molecule has 2 N–H and O–H groups in total. The maximum absolute atomic E-state index is 12.0. The Kier molecular flexibility index (Phi) is 5.73. The van der Waals surface area contributed by atoms with Gasteiger partial charge in [0.15, 0.2) is 0 Å². The van der Waals surface area contributed by atoms with E-state index in [1.54, 1.807) is 19.1 Å². The van der Waals surface area contributed by atoms with E-state index in [1.165, 1.54) is 0 Å². The average Bonchev–Trinajstić information content (AvgIpc) is 2.29. The van der Waals surface area contributed by atoms with Gasteiger partial charge in [-0.05, 0) is 12.8 Å². The molecule has 94 valence electrons. The number of carbonyl (C=O) groups excluding carboxylic acids is 1. The first-order valence-electron chi connectivity index (χ1n) is 5.72. The first kappa shape index (κ1) is 13.4. The molecule has 16 heavy (non-hydrogen) atoms. The van der Waals surface area contributed by atoms with Crippen molar-refractivity contribution in [3.8, 4) is 0 Å². The highest BCUT2D eigenvalue weighted by Gasteiger charge is 2.25. The molecule has 0 aliphatic carbocycles. The summed E-state index contributed by atoms with van der Waals surface area (Å²) in [5.74, 6) is 0.139. The summed E-state index contributed by atoms with van der Waals surface area (Å²) < 4.78 is 10.2. The van der Waals surface area contributed by atoms with Crippen LogP contribution in [0.4, 0.5) is 0 Å². The van der Waals surface area contributed by atoms with E-state index in [-0.39, 0.29) is 17.9 Å². The van der Waals surface area contributed by atoms with Gasteiger partial charge in [-0.25, -0.2) is 0 Å². The number of hydrogen-bond acceptors (Lipinski definition) is 4. The lowest BCUT2D eigenvalue weighted by Gasteiger charge is -2.28. The van der Waals surface area contributed by atoms with Gasteiger partial charge in [0.1, 0.15) is 0 Å². The van der Waals surface area contributed by atoms with Crippen molar-refractivity contribution in [2.75, 3.05) is 40.5 Å². The fraction of sp³-hybridized carbons (Fsp3) is 0.909. The number of nitrogens with zero attached hydrogens (tertiary/aromatic N) is 1. The lowest BCUT2D eigenvalue weighted by Crippen LogP contribution is -2.44. The van der Waals surface area contributed by atoms with Crippen LogP contribution in [0.3, 0.4) is 0 Å². The highest BCUT2D eigenvalue weighted by Crippen LogP contribution is 2.15. The predicted octanol–water partition coefficient (Wildman–Crippen LogP) is -0.155. The molecule has 1 saturated heterocycles. The number of amides is 1. The van der Waals surface area contributed by atoms with Gasteiger partial charge >= 0.3 is 0 Å². The minimum atomic E-state index is -0.122. The molecule has 0 spiro atoms. The molecular weight excluding hydrogens is 208 g/mol. The van der Waals surface area contributed by atoms with E-state index in [4.69, 9.17) is 15.2 Å². The van der Waals surface area contributed by atoms with E-state index in [2.05, 4.69) is 0 Å². The SMILES string of the molecule is COCC(N)CN(C)C(=O)C1CCCOC1. The molecule has 0 aromatic rings. The number of hydrogen-bond donors (Lipinski definition) is 1. The van der Waals surface area contributed by atoms with E-state index in [0.29, 0.717) is 19.8 Å². The first-order valence-corrected chi connectivity index (χ1v) is 5.72. The summed E-state index contributed by atoms with van der Waals surface area (Å²) in [4.78, 5) is 13.7. The van der Waals surface area contributed by atoms with Crippen molar-refractivity contribution in [1.29, 1.82) is 0 Å². The van der Waals surface area contributed by atoms with E-state index in [1.807, 2.05) is 0 Å². The van der Waals surface area contributed by atoms with Gasteiger partial charge in [-0.1, -0.05) is 0 Å². The van der Waals surface area contributed by atoms with Gasteiger partial charge in [0, 0.05) is 33.4 Å². The van der Waals surface area contributed by atoms with Crippen molar-refractivity contribution in [3.63, 3.8) is 0 Å². The Labute approximate surface area is 96.9 Å². The van der Waals surface area contributed by atoms with Gasteiger partial charge in [0.25, 0.3) is 0 Å². The zero-order valence-corrected chi connectivity index (χ0v) is 10.1. The summed E-state index contributed by atoms with van der Waals surface area (Å²) >= 11 is 0. The topological polar surface area (TPSA) is 64.8 Å². The lowest BCUT2D eigenvalue weighted by atomic mass is 10.0. The van der Waals surface area contributed by atoms with Crippen LogP contribution in [0.2, 0.25) is 0 Å². The molecule has 0 aromatic carbocycles. The summed E-state index contributed by atoms with van der Waals surface area (Å²) in [6.07, 6.45) is 1.89. The monoisotopic (exact) mass is 230 g/mol. The van der Waals surface area contributed by atoms with Gasteiger partial charge in [0.2, 0.25) is 5.91 Å². The molecule has 0 radical (unpaired) electrons. The second-order valence-electron chi connectivity index (χ2n) is 4.35. The molecule has 0 saturated carbocycles. The Hall–Kier alpha value is -0.650. The van der Waals surface area contributed by atoms with Crippen molar-refractivity contribution in [2.24, 2.45) is 11.7 Å². The van der Waals surface area contributed by atoms with Gasteiger partial charge in [-0.3, -0.25) is 4.79 Å². The normalized spacial score (nSPS) is 22.8. The summed E-state index contributed by atoms with van der Waals surface area (Å²) in [5, 5.41) is 0. The number of methoxy groups -OCH3 is 1. The fourth-order valence-corrected chi connectivity index (χ4v) is 1.96. The van der Waals surface area contributed by atoms with Crippen LogP contribution in [0, 0.1) is 5.92 Å². The number of likely N-dealkylation sites (N-methyl/N-ethyl adjacent to an activating group) is 1. The molecule has 2 unspecified atom stereocenters. The molecule has 1 fully saturated rings. The van der Waals surface area contributed by atoms with Crippen molar-refractivity contribution in [1.82, 2.24) is 4.90 Å². The summed E-state index contributed by atoms with van der Waals surface area (Å²) in [7, 11) is 3.39. The Balaban J connectivity index is 2.34. The van der Waals surface area contributed by atoms with Crippen LogP contribution >= 0.6 is 0 Å². The number of ether oxygens (including phenoxy) is 2. The Morgan fingerprint density at radius 3 is 3.00 bits per heavy atom. The van der Waals surface area contributed by atoms with Crippen LogP contribution in [0.5, 0.6) is 0 Å². The van der Waals surface area contributed by atoms with E-state index >= 15 is 0 Å². The highest BCUT2D eigenvalue weighted by atomic mass is 16.5. The number of nitrogens with two attached hydrogens (primary N) is 1. The van der Waals surface area contributed by atoms with Crippen LogP contribution in [-0.2, 0) is 14.3 Å². The van der Waals surface area contributed by atoms with Crippen LogP contribution < -0.4 is 5.73 Å². The van der Waals surface area contributed by atoms with Crippen LogP contribution in [-0.4, -0.2) is 57.4 Å². The molecule has 5 heteroatoms. The molecule has 5 nitrogen and oxygen atoms in total. The number of carbonyl (C=O) groups is 1. The zero-order chi connectivity index (χ0) is 12.0. The number of rotatable bonds is 5. The lowest BCUT2D eigenvalue weighted by molar-refractivity contribution is -0.138. The molecule has 1 rings (SSSR count). The largest absolute Gasteiger partial charge is 0.383 e. The highest BCUT2D eigenvalue weighted by molar-refractivity contribution is 5.78. The van der Waals surface area contributed by atoms with Crippen LogP contribution in [0.15, 0.2) is 0 Å². The Morgan fingerprint density at radius 1 is 1.69 bits per heavy atom. The molecule has 2 atom stereocenters. The van der Waals surface area contributed by atoms with E-state index < -0.39 is 0 Å². The first-order chi connectivity index (χ1) is 7.65. The minimum Gasteiger partial charge on any atom is -0.383 e. The van der Waals surface area contributed by atoms with Crippen molar-refractivity contribution in [3.05, 3.63) is 0 Å². The zero-order valence-electron chi connectivity index (χ0n) is 10.1. The Morgan fingerprint density at radius 2 is 2.44 bits per heavy atom. The maximum atomic E-state index is 12.0. The smallest absolute Gasteiger partial charge is 0.227 e. The van der Waals surface area contributed by atoms with Crippen molar-refractivity contribution < 1.29 is 14.3 Å². The molecule has 1 aliphatic rings. The third kappa shape index (κ3) is 4.08. The second kappa shape index (κ2) is 6.83. The second-order valence-corrected chi connectivity index (χ2v) is 4.35. The van der Waals surface area contributed by atoms with Crippen molar-refractivity contribution in [2.45, 2.75) is 18.9 Å². The molecule has 1 aliphatic heterocycles. The minimum absolute atomic E-state index is 0.00787. The maximum Gasteiger partial charge on any atom is 0.227 e. The Bertz CT molecular complexity index is 217. The quantitative estimate of drug-likeness (QED) is 0.713. The van der Waals surface area contributed by atoms with E-state index in [9.17, 15) is 4.79 Å². The van der Waals surface area contributed by atoms with Gasteiger partial charge in [-0.15, -0.1) is 0 Å². The average molecular weight is 230 g/mol. The van der Waals surface area contributed by atoms with Crippen molar-refractivity contribution >= 4 is 5.91 Å². The molecule has 0 bridgehead atoms. The van der Waals surface area contributed by atoms with Crippen LogP contribution in [0.25, 0.3) is 0 Å². The van der Waals surface area contributed by atoms with Crippen LogP contribution in [0.1, 0.15) is 12.8 Å². The van der Waals surface area contributed by atoms with Gasteiger partial charge in [0.05, 0.1) is 19.1 Å². The fourth-order valence-electron chi connectivity index (χ4n) is 1.96. The third-order valence-corrected chi connectivity index (χ3v) is 2.77. The van der Waals surface area contributed by atoms with E-state index in [0.717, 1.165) is 19.4 Å². The third-order valence-electron chi connectivity index (χ3n) is 2.77. The molecule has 1 heterocycles. The summed E-state index contributed by atoms with van der Waals surface area (Å²) in [6.45, 7) is 2.32. The standard InChI is InChI=1S/C11H22N2O3/c1-13(6-10(12)8-15-2)11(14)9-4-3-5-16-7-9/h9-10H,3-8,12H2,1-2H3. The summed E-state index contributed by atoms with van der Waals surface area (Å²) in [6, 6.07) is -0.122. The van der Waals surface area contributed by atoms with Gasteiger partial charge < -0.3 is 20.1 Å². The van der Waals surface area contributed by atoms with Gasteiger partial charge in [-0.2, -0.15) is 0 Å².